The first-order chi connectivity index (χ1) is 12.0. The Bertz CT molecular complexity index is 694. The number of anilines is 4. The van der Waals surface area contributed by atoms with Crippen LogP contribution in [-0.2, 0) is 11.2 Å². The van der Waals surface area contributed by atoms with Gasteiger partial charge in [0.1, 0.15) is 5.75 Å². The molecule has 0 aliphatic carbocycles. The second kappa shape index (κ2) is 9.00. The van der Waals surface area contributed by atoms with E-state index in [0.717, 1.165) is 11.3 Å². The van der Waals surface area contributed by atoms with Crippen LogP contribution >= 0.6 is 0 Å². The maximum Gasteiger partial charge on any atom is 0.172 e. The summed E-state index contributed by atoms with van der Waals surface area (Å²) in [4.78, 5) is 0. The van der Waals surface area contributed by atoms with Crippen molar-refractivity contribution in [2.24, 2.45) is 0 Å². The van der Waals surface area contributed by atoms with Gasteiger partial charge in [-0.3, -0.25) is 0 Å². The van der Waals surface area contributed by atoms with Crippen LogP contribution in [0.3, 0.4) is 0 Å². The lowest BCUT2D eigenvalue weighted by Crippen LogP contribution is -2.28. The van der Waals surface area contributed by atoms with Gasteiger partial charge in [0.2, 0.25) is 0 Å². The molecule has 7 nitrogen and oxygen atoms in total. The van der Waals surface area contributed by atoms with E-state index >= 15 is 0 Å². The standard InChI is InChI=1S/C18H26N4O3/c1-24-9-7-12-10-13(19)2-4-16(12)22-18(6-8-23)25-17-5-3-14(20)11-15(17)21/h2-5,10-11,18,22-23H,6-9,19-21H2,1H3. The van der Waals surface area contributed by atoms with Crippen LogP contribution in [0.15, 0.2) is 36.4 Å². The fraction of sp³-hybridized carbons (Fsp3) is 0.333. The molecule has 2 rings (SSSR count). The van der Waals surface area contributed by atoms with Gasteiger partial charge in [-0.1, -0.05) is 0 Å². The highest BCUT2D eigenvalue weighted by molar-refractivity contribution is 5.61. The highest BCUT2D eigenvalue weighted by atomic mass is 16.5. The second-order valence-electron chi connectivity index (χ2n) is 5.72. The first kappa shape index (κ1) is 18.7. The number of rotatable bonds is 9. The number of nitrogens with two attached hydrogens (primary N) is 3. The highest BCUT2D eigenvalue weighted by Crippen LogP contribution is 2.27. The average Bonchev–Trinajstić information content (AvgIpc) is 2.57. The Kier molecular flexibility index (Phi) is 6.73. The van der Waals surface area contributed by atoms with Gasteiger partial charge in [0.05, 0.1) is 12.3 Å². The third-order valence-corrected chi connectivity index (χ3v) is 3.72. The van der Waals surface area contributed by atoms with Gasteiger partial charge in [-0.05, 0) is 48.4 Å². The number of hydrogen-bond acceptors (Lipinski definition) is 7. The molecule has 0 bridgehead atoms. The van der Waals surface area contributed by atoms with Gasteiger partial charge in [0.15, 0.2) is 6.23 Å². The summed E-state index contributed by atoms with van der Waals surface area (Å²) in [6.07, 6.45) is 0.637. The van der Waals surface area contributed by atoms with Gasteiger partial charge >= 0.3 is 0 Å². The molecule has 136 valence electrons. The Hall–Kier alpha value is -2.64. The molecule has 8 N–H and O–H groups in total. The molecule has 7 heteroatoms. The monoisotopic (exact) mass is 346 g/mol. The quantitative estimate of drug-likeness (QED) is 0.346. The minimum Gasteiger partial charge on any atom is -0.468 e. The van der Waals surface area contributed by atoms with Crippen LogP contribution in [-0.4, -0.2) is 31.7 Å². The van der Waals surface area contributed by atoms with Crippen molar-refractivity contribution in [3.63, 3.8) is 0 Å². The van der Waals surface area contributed by atoms with Crippen LogP contribution in [0.2, 0.25) is 0 Å². The number of aliphatic hydroxyl groups excluding tert-OH is 1. The number of benzene rings is 2. The van der Waals surface area contributed by atoms with E-state index < -0.39 is 6.23 Å². The van der Waals surface area contributed by atoms with Crippen molar-refractivity contribution < 1.29 is 14.6 Å². The normalized spacial score (nSPS) is 11.9. The Morgan fingerprint density at radius 1 is 1.08 bits per heavy atom. The van der Waals surface area contributed by atoms with Gasteiger partial charge in [-0.15, -0.1) is 0 Å². The molecule has 1 atom stereocenters. The predicted molar refractivity (Wildman–Crippen MR) is 101 cm³/mol. The van der Waals surface area contributed by atoms with E-state index in [1.165, 1.54) is 0 Å². The molecule has 1 unspecified atom stereocenters. The van der Waals surface area contributed by atoms with Crippen LogP contribution in [0.5, 0.6) is 5.75 Å². The fourth-order valence-corrected chi connectivity index (χ4v) is 2.45. The molecule has 2 aromatic rings. The summed E-state index contributed by atoms with van der Waals surface area (Å²) in [5.74, 6) is 0.508. The number of aliphatic hydroxyl groups is 1. The zero-order chi connectivity index (χ0) is 18.2. The van der Waals surface area contributed by atoms with Gasteiger partial charge in [0, 0.05) is 37.2 Å². The van der Waals surface area contributed by atoms with E-state index in [0.29, 0.717) is 42.3 Å². The van der Waals surface area contributed by atoms with Crippen molar-refractivity contribution in [2.75, 3.05) is 42.8 Å². The van der Waals surface area contributed by atoms with Crippen LogP contribution in [0.4, 0.5) is 22.7 Å². The molecule has 0 spiro atoms. The smallest absolute Gasteiger partial charge is 0.172 e. The Morgan fingerprint density at radius 3 is 2.48 bits per heavy atom. The van der Waals surface area contributed by atoms with Gasteiger partial charge in [-0.25, -0.2) is 0 Å². The molecular formula is C18H26N4O3. The van der Waals surface area contributed by atoms with E-state index in [4.69, 9.17) is 26.7 Å². The van der Waals surface area contributed by atoms with E-state index in [2.05, 4.69) is 5.32 Å². The van der Waals surface area contributed by atoms with Crippen LogP contribution in [0.25, 0.3) is 0 Å². The molecule has 0 aromatic heterocycles. The number of nitrogens with one attached hydrogen (secondary N) is 1. The molecule has 0 saturated heterocycles. The van der Waals surface area contributed by atoms with Crippen LogP contribution in [0.1, 0.15) is 12.0 Å². The lowest BCUT2D eigenvalue weighted by atomic mass is 10.1. The molecule has 25 heavy (non-hydrogen) atoms. The number of hydrogen-bond donors (Lipinski definition) is 5. The molecular weight excluding hydrogens is 320 g/mol. The molecule has 0 saturated carbocycles. The van der Waals surface area contributed by atoms with E-state index in [1.54, 1.807) is 25.3 Å². The van der Waals surface area contributed by atoms with Crippen molar-refractivity contribution in [2.45, 2.75) is 19.1 Å². The lowest BCUT2D eigenvalue weighted by molar-refractivity contribution is 0.175. The third kappa shape index (κ3) is 5.44. The first-order valence-corrected chi connectivity index (χ1v) is 8.10. The summed E-state index contributed by atoms with van der Waals surface area (Å²) < 4.78 is 11.1. The van der Waals surface area contributed by atoms with E-state index in [1.807, 2.05) is 18.2 Å². The summed E-state index contributed by atoms with van der Waals surface area (Å²) in [5.41, 5.74) is 21.1. The molecule has 0 radical (unpaired) electrons. The topological polar surface area (TPSA) is 129 Å². The number of ether oxygens (including phenoxy) is 2. The van der Waals surface area contributed by atoms with E-state index in [-0.39, 0.29) is 6.61 Å². The number of nitrogen functional groups attached to an aromatic ring is 3. The zero-order valence-corrected chi connectivity index (χ0v) is 14.4. The second-order valence-corrected chi connectivity index (χ2v) is 5.72. The van der Waals surface area contributed by atoms with Crippen molar-refractivity contribution in [3.8, 4) is 5.75 Å². The summed E-state index contributed by atoms with van der Waals surface area (Å²) in [6.45, 7) is 0.545. The zero-order valence-electron chi connectivity index (χ0n) is 14.4. The summed E-state index contributed by atoms with van der Waals surface area (Å²) in [5, 5.41) is 12.6. The summed E-state index contributed by atoms with van der Waals surface area (Å²) in [7, 11) is 1.65. The van der Waals surface area contributed by atoms with Crippen molar-refractivity contribution >= 4 is 22.7 Å². The van der Waals surface area contributed by atoms with Gasteiger partial charge < -0.3 is 37.1 Å². The molecule has 2 aromatic carbocycles. The van der Waals surface area contributed by atoms with Crippen molar-refractivity contribution in [3.05, 3.63) is 42.0 Å². The summed E-state index contributed by atoms with van der Waals surface area (Å²) in [6, 6.07) is 10.7. The largest absolute Gasteiger partial charge is 0.468 e. The Labute approximate surface area is 147 Å². The maximum absolute atomic E-state index is 9.35. The van der Waals surface area contributed by atoms with Crippen LogP contribution in [0, 0.1) is 0 Å². The molecule has 0 aliphatic heterocycles. The highest BCUT2D eigenvalue weighted by Gasteiger charge is 2.14. The SMILES string of the molecule is COCCc1cc(N)ccc1NC(CCO)Oc1ccc(N)cc1N. The average molecular weight is 346 g/mol. The van der Waals surface area contributed by atoms with Gasteiger partial charge in [0.25, 0.3) is 0 Å². The van der Waals surface area contributed by atoms with Crippen molar-refractivity contribution in [1.29, 1.82) is 0 Å². The minimum absolute atomic E-state index is 0.0328. The number of methoxy groups -OCH3 is 1. The van der Waals surface area contributed by atoms with Crippen LogP contribution < -0.4 is 27.3 Å². The van der Waals surface area contributed by atoms with E-state index in [9.17, 15) is 5.11 Å². The third-order valence-electron chi connectivity index (χ3n) is 3.72. The molecule has 0 fully saturated rings. The van der Waals surface area contributed by atoms with Gasteiger partial charge in [-0.2, -0.15) is 0 Å². The molecule has 0 amide bonds. The Morgan fingerprint density at radius 2 is 1.80 bits per heavy atom. The van der Waals surface area contributed by atoms with Crippen molar-refractivity contribution in [1.82, 2.24) is 0 Å². The minimum atomic E-state index is -0.458. The summed E-state index contributed by atoms with van der Waals surface area (Å²) >= 11 is 0. The first-order valence-electron chi connectivity index (χ1n) is 8.10. The molecule has 0 aliphatic rings. The molecule has 0 heterocycles. The Balaban J connectivity index is 2.18. The predicted octanol–water partition coefficient (Wildman–Crippen LogP) is 1.82. The fourth-order valence-electron chi connectivity index (χ4n) is 2.45. The lowest BCUT2D eigenvalue weighted by Gasteiger charge is -2.23. The maximum atomic E-state index is 9.35.